The van der Waals surface area contributed by atoms with Gasteiger partial charge in [0.25, 0.3) is 0 Å². The Bertz CT molecular complexity index is 1150. The number of nitrogen functional groups attached to an aromatic ring is 1. The minimum atomic E-state index is -5.64. The minimum Gasteiger partial charge on any atom is -0.382 e. The Balaban J connectivity index is 1.47. The molecule has 18 nitrogen and oxygen atoms in total. The fourth-order valence-corrected chi connectivity index (χ4v) is 6.23. The van der Waals surface area contributed by atoms with Gasteiger partial charge >= 0.3 is 23.5 Å². The minimum absolute atomic E-state index is 0.125. The number of aromatic nitrogens is 4. The van der Waals surface area contributed by atoms with Crippen LogP contribution in [0.15, 0.2) is 6.33 Å². The van der Waals surface area contributed by atoms with E-state index < -0.39 is 54.5 Å². The number of hydrogen-bond donors (Lipinski definition) is 6. The Morgan fingerprint density at radius 2 is 1.81 bits per heavy atom. The van der Waals surface area contributed by atoms with Crippen molar-refractivity contribution in [1.29, 1.82) is 0 Å². The molecule has 0 bridgehead atoms. The second-order valence-electron chi connectivity index (χ2n) is 6.45. The van der Waals surface area contributed by atoms with E-state index >= 15 is 0 Å². The van der Waals surface area contributed by atoms with E-state index in [0.717, 1.165) is 0 Å². The number of fused-ring (bicyclic) bond motifs is 2. The first-order chi connectivity index (χ1) is 14.9. The molecule has 6 atom stereocenters. The van der Waals surface area contributed by atoms with Crippen molar-refractivity contribution in [3.63, 3.8) is 0 Å². The lowest BCUT2D eigenvalue weighted by molar-refractivity contribution is -0.0868. The van der Waals surface area contributed by atoms with Crippen LogP contribution in [0.4, 0.5) is 5.82 Å². The monoisotopic (exact) mass is 519 g/mol. The van der Waals surface area contributed by atoms with Crippen LogP contribution < -0.4 is 5.73 Å². The lowest BCUT2D eigenvalue weighted by Crippen LogP contribution is -2.31. The van der Waals surface area contributed by atoms with Crippen LogP contribution in [0.2, 0.25) is 0 Å². The summed E-state index contributed by atoms with van der Waals surface area (Å²) in [5.41, 5.74) is 6.79. The molecule has 21 heteroatoms. The maximum Gasteiger partial charge on any atom is 0.490 e. The molecule has 0 spiro atoms. The fourth-order valence-electron chi connectivity index (χ4n) is 3.20. The summed E-state index contributed by atoms with van der Waals surface area (Å²) in [4.78, 5) is 43.9. The predicted octanol–water partition coefficient (Wildman–Crippen LogP) is -0.540. The van der Waals surface area contributed by atoms with Gasteiger partial charge in [-0.1, -0.05) is 0 Å². The van der Waals surface area contributed by atoms with Gasteiger partial charge in [-0.2, -0.15) is 13.7 Å². The number of anilines is 1. The van der Waals surface area contributed by atoms with Crippen molar-refractivity contribution in [2.45, 2.75) is 24.4 Å². The maximum absolute atomic E-state index is 12.0. The van der Waals surface area contributed by atoms with Crippen LogP contribution >= 0.6 is 23.5 Å². The van der Waals surface area contributed by atoms with Gasteiger partial charge in [0, 0.05) is 0 Å². The van der Waals surface area contributed by atoms with Gasteiger partial charge in [0.05, 0.1) is 6.61 Å². The average Bonchev–Trinajstić information content (AvgIpc) is 3.32. The van der Waals surface area contributed by atoms with Crippen LogP contribution in [0.3, 0.4) is 0 Å². The third-order valence-corrected chi connectivity index (χ3v) is 8.13. The zero-order valence-corrected chi connectivity index (χ0v) is 18.2. The molecule has 0 saturated carbocycles. The van der Waals surface area contributed by atoms with Crippen LogP contribution in [0.1, 0.15) is 11.8 Å². The number of nitrogens with one attached hydrogen (secondary N) is 1. The first kappa shape index (κ1) is 23.8. The largest absolute Gasteiger partial charge is 0.490 e. The van der Waals surface area contributed by atoms with Gasteiger partial charge in [0.1, 0.15) is 54.3 Å². The van der Waals surface area contributed by atoms with Crippen molar-refractivity contribution in [2.75, 3.05) is 19.1 Å². The van der Waals surface area contributed by atoms with E-state index in [9.17, 15) is 23.5 Å². The Morgan fingerprint density at radius 1 is 1.09 bits per heavy atom. The molecule has 0 aliphatic carbocycles. The van der Waals surface area contributed by atoms with E-state index in [1.165, 1.54) is 6.33 Å². The smallest absolute Gasteiger partial charge is 0.382 e. The summed E-state index contributed by atoms with van der Waals surface area (Å²) < 4.78 is 62.8. The molecular weight excluding hydrogens is 503 g/mol. The van der Waals surface area contributed by atoms with E-state index in [1.807, 2.05) is 0 Å². The normalized spacial score (nSPS) is 29.6. The molecule has 2 unspecified atom stereocenters. The molecule has 0 aromatic carbocycles. The number of hydrogen-bond acceptors (Lipinski definition) is 13. The summed E-state index contributed by atoms with van der Waals surface area (Å²) in [6, 6.07) is 0. The van der Waals surface area contributed by atoms with E-state index in [-0.39, 0.29) is 12.6 Å². The molecule has 7 N–H and O–H groups in total. The van der Waals surface area contributed by atoms with Crippen molar-refractivity contribution in [2.24, 2.45) is 0 Å². The van der Waals surface area contributed by atoms with Gasteiger partial charge < -0.3 is 39.5 Å². The number of phosphoric ester groups is 1. The van der Waals surface area contributed by atoms with Crippen molar-refractivity contribution < 1.29 is 60.6 Å². The van der Waals surface area contributed by atoms with Crippen molar-refractivity contribution in [3.8, 4) is 0 Å². The van der Waals surface area contributed by atoms with Crippen LogP contribution in [0.25, 0.3) is 11.0 Å². The lowest BCUT2D eigenvalue weighted by Gasteiger charge is -2.19. The Hall–Kier alpha value is -1.36. The average molecular weight is 519 g/mol. The molecule has 2 aliphatic heterocycles. The van der Waals surface area contributed by atoms with Crippen LogP contribution in [-0.4, -0.2) is 71.5 Å². The highest BCUT2D eigenvalue weighted by atomic mass is 31.3. The molecule has 4 rings (SSSR count). The highest BCUT2D eigenvalue weighted by molar-refractivity contribution is 7.66. The van der Waals surface area contributed by atoms with E-state index in [0.29, 0.717) is 16.7 Å². The van der Waals surface area contributed by atoms with Gasteiger partial charge in [-0.3, -0.25) is 9.62 Å². The second kappa shape index (κ2) is 8.45. The molecule has 2 saturated heterocycles. The number of H-pyrrole nitrogens is 1. The number of aromatic amines is 1. The van der Waals surface area contributed by atoms with Crippen molar-refractivity contribution in [1.82, 2.24) is 20.2 Å². The summed E-state index contributed by atoms with van der Waals surface area (Å²) in [6.45, 7) is -0.829. The van der Waals surface area contributed by atoms with Gasteiger partial charge in [0.2, 0.25) is 0 Å². The van der Waals surface area contributed by atoms with Gasteiger partial charge in [-0.05, 0) is 0 Å². The molecule has 32 heavy (non-hydrogen) atoms. The zero-order valence-electron chi connectivity index (χ0n) is 15.5. The predicted molar refractivity (Wildman–Crippen MR) is 98.1 cm³/mol. The highest BCUT2D eigenvalue weighted by Gasteiger charge is 2.52. The quantitative estimate of drug-likeness (QED) is 0.239. The molecular formula is C11H16N5O13P3. The molecule has 2 aromatic heterocycles. The summed E-state index contributed by atoms with van der Waals surface area (Å²) >= 11 is 0. The van der Waals surface area contributed by atoms with E-state index in [4.69, 9.17) is 29.7 Å². The Labute approximate surface area is 177 Å². The van der Waals surface area contributed by atoms with Crippen LogP contribution in [0.5, 0.6) is 0 Å². The summed E-state index contributed by atoms with van der Waals surface area (Å²) in [6.07, 6.45) is -2.18. The number of rotatable bonds is 8. The highest BCUT2D eigenvalue weighted by Crippen LogP contribution is 2.66. The second-order valence-corrected chi connectivity index (χ2v) is 10.9. The molecule has 0 radical (unpaired) electrons. The summed E-state index contributed by atoms with van der Waals surface area (Å²) in [5, 5.41) is 6.81. The molecule has 0 amide bonds. The van der Waals surface area contributed by atoms with Gasteiger partial charge in [0.15, 0.2) is 5.82 Å². The summed E-state index contributed by atoms with van der Waals surface area (Å²) in [7, 11) is -16.5. The maximum atomic E-state index is 12.0. The molecule has 2 aliphatic rings. The van der Waals surface area contributed by atoms with Crippen molar-refractivity contribution in [3.05, 3.63) is 12.0 Å². The fraction of sp³-hybridized carbons (Fsp3) is 0.545. The molecule has 4 heterocycles. The third-order valence-electron chi connectivity index (χ3n) is 4.33. The Morgan fingerprint density at radius 3 is 2.53 bits per heavy atom. The standard InChI is InChI=1S/C11H16N5O13P3/c12-11-7-5(13-2-14-11)6(15-16-7)9-10-8(24-3-25-10)4(27-9)1-26-31(20,21)29-32(22,23)28-30(17,18)19/h2,4,8-10H,1,3H2,(H,15,16)(H,20,21)(H,22,23)(H2,12,13,14)(H2,17,18,19)/t4-,8-,9+,10-/m1/s1. The Kier molecular flexibility index (Phi) is 6.28. The first-order valence-corrected chi connectivity index (χ1v) is 13.0. The number of nitrogens with zero attached hydrogens (tertiary/aromatic N) is 3. The van der Waals surface area contributed by atoms with Crippen LogP contribution in [0, 0.1) is 0 Å². The van der Waals surface area contributed by atoms with E-state index in [2.05, 4.69) is 33.3 Å². The number of nitrogens with two attached hydrogens (primary N) is 1. The van der Waals surface area contributed by atoms with Crippen molar-refractivity contribution >= 4 is 40.3 Å². The van der Waals surface area contributed by atoms with Crippen LogP contribution in [-0.2, 0) is 41.1 Å². The SMILES string of the molecule is Nc1ncnc2c([C@@H]3O[C@H](COP(=O)(O)OP(=O)(O)OP(=O)(O)O)[C@H]4OCO[C@H]43)n[nH]c12. The first-order valence-electron chi connectivity index (χ1n) is 8.47. The molecule has 2 aromatic rings. The van der Waals surface area contributed by atoms with Gasteiger partial charge in [-0.25, -0.2) is 23.7 Å². The number of ether oxygens (including phenoxy) is 3. The lowest BCUT2D eigenvalue weighted by atomic mass is 10.1. The van der Waals surface area contributed by atoms with Gasteiger partial charge in [-0.15, -0.1) is 0 Å². The topological polar surface area (TPSA) is 268 Å². The van der Waals surface area contributed by atoms with E-state index in [1.54, 1.807) is 0 Å². The number of phosphoric acid groups is 3. The summed E-state index contributed by atoms with van der Waals surface area (Å²) in [5.74, 6) is 0.149. The molecule has 178 valence electrons. The third kappa shape index (κ3) is 5.08. The zero-order chi connectivity index (χ0) is 23.3. The molecule has 2 fully saturated rings.